The van der Waals surface area contributed by atoms with Crippen LogP contribution in [0.1, 0.15) is 19.3 Å². The van der Waals surface area contributed by atoms with Gasteiger partial charge in [0.1, 0.15) is 12.1 Å². The molecule has 25 heavy (non-hydrogen) atoms. The van der Waals surface area contributed by atoms with E-state index in [1.54, 1.807) is 7.11 Å². The molecule has 0 aromatic carbocycles. The first kappa shape index (κ1) is 16.5. The maximum absolute atomic E-state index is 12.6. The topological polar surface area (TPSA) is 77.0 Å². The number of piperidine rings is 1. The zero-order valence-corrected chi connectivity index (χ0v) is 14.5. The van der Waals surface area contributed by atoms with E-state index in [2.05, 4.69) is 14.9 Å². The third-order valence-electron chi connectivity index (χ3n) is 5.27. The normalized spacial score (nSPS) is 29.4. The fourth-order valence-electron chi connectivity index (χ4n) is 3.95. The molecule has 3 saturated heterocycles. The Kier molecular flexibility index (Phi) is 4.72. The molecule has 0 N–H and O–H groups in total. The SMILES string of the molecule is COc1cc(N2CC[C@H]3OC[C@@H](C(=O)N4CCCO4)C[C@H]3C2)ncn1. The minimum absolute atomic E-state index is 0.0665. The van der Waals surface area contributed by atoms with Gasteiger partial charge in [-0.1, -0.05) is 0 Å². The number of carbonyl (C=O) groups excluding carboxylic acids is 1. The average Bonchev–Trinajstić information content (AvgIpc) is 3.21. The Labute approximate surface area is 147 Å². The number of carbonyl (C=O) groups is 1. The predicted octanol–water partition coefficient (Wildman–Crippen LogP) is 0.880. The van der Waals surface area contributed by atoms with Crippen LogP contribution < -0.4 is 9.64 Å². The number of anilines is 1. The number of ether oxygens (including phenoxy) is 2. The molecule has 3 aliphatic rings. The Morgan fingerprint density at radius 1 is 1.36 bits per heavy atom. The summed E-state index contributed by atoms with van der Waals surface area (Å²) in [6.07, 6.45) is 4.44. The van der Waals surface area contributed by atoms with Crippen LogP contribution in [0.3, 0.4) is 0 Å². The lowest BCUT2D eigenvalue weighted by Crippen LogP contribution is -2.51. The second kappa shape index (κ2) is 7.13. The average molecular weight is 348 g/mol. The van der Waals surface area contributed by atoms with E-state index in [1.165, 1.54) is 11.4 Å². The Hall–Kier alpha value is -1.93. The van der Waals surface area contributed by atoms with Gasteiger partial charge in [0.25, 0.3) is 5.91 Å². The predicted molar refractivity (Wildman–Crippen MR) is 89.0 cm³/mol. The van der Waals surface area contributed by atoms with Crippen LogP contribution in [0.2, 0.25) is 0 Å². The van der Waals surface area contributed by atoms with Crippen LogP contribution in [0.4, 0.5) is 5.82 Å². The molecule has 3 fully saturated rings. The van der Waals surface area contributed by atoms with Gasteiger partial charge in [0.05, 0.1) is 38.9 Å². The highest BCUT2D eigenvalue weighted by Gasteiger charge is 2.40. The molecule has 1 aromatic rings. The molecule has 0 spiro atoms. The minimum Gasteiger partial charge on any atom is -0.481 e. The van der Waals surface area contributed by atoms with Crippen molar-refractivity contribution < 1.29 is 19.1 Å². The summed E-state index contributed by atoms with van der Waals surface area (Å²) >= 11 is 0. The van der Waals surface area contributed by atoms with Gasteiger partial charge in [0, 0.05) is 25.1 Å². The third-order valence-corrected chi connectivity index (χ3v) is 5.27. The molecule has 4 rings (SSSR count). The van der Waals surface area contributed by atoms with Gasteiger partial charge in [-0.15, -0.1) is 0 Å². The van der Waals surface area contributed by atoms with Gasteiger partial charge in [0.15, 0.2) is 0 Å². The third kappa shape index (κ3) is 3.41. The second-order valence-electron chi connectivity index (χ2n) is 6.84. The standard InChI is InChI=1S/C17H24N4O4/c1-23-16-8-15(18-11-19-16)20-5-3-14-12(9-20)7-13(10-24-14)17(22)21-4-2-6-25-21/h8,11-14H,2-7,9-10H2,1H3/t12-,13-,14+/m0/s1. The fraction of sp³-hybridized carbons (Fsp3) is 0.706. The van der Waals surface area contributed by atoms with E-state index in [0.29, 0.717) is 31.6 Å². The zero-order chi connectivity index (χ0) is 17.2. The van der Waals surface area contributed by atoms with Gasteiger partial charge in [-0.2, -0.15) is 0 Å². The van der Waals surface area contributed by atoms with E-state index in [-0.39, 0.29) is 17.9 Å². The summed E-state index contributed by atoms with van der Waals surface area (Å²) in [5.41, 5.74) is 0. The smallest absolute Gasteiger partial charge is 0.251 e. The van der Waals surface area contributed by atoms with Crippen molar-refractivity contribution in [1.82, 2.24) is 15.0 Å². The lowest BCUT2D eigenvalue weighted by molar-refractivity contribution is -0.181. The van der Waals surface area contributed by atoms with E-state index in [9.17, 15) is 4.79 Å². The van der Waals surface area contributed by atoms with Crippen molar-refractivity contribution in [3.8, 4) is 5.88 Å². The summed E-state index contributed by atoms with van der Waals surface area (Å²) in [5, 5.41) is 1.52. The van der Waals surface area contributed by atoms with Gasteiger partial charge >= 0.3 is 0 Å². The van der Waals surface area contributed by atoms with E-state index < -0.39 is 0 Å². The van der Waals surface area contributed by atoms with Gasteiger partial charge in [0.2, 0.25) is 5.88 Å². The number of hydrogen-bond acceptors (Lipinski definition) is 7. The Balaban J connectivity index is 1.42. The highest BCUT2D eigenvalue weighted by atomic mass is 16.7. The van der Waals surface area contributed by atoms with Crippen molar-refractivity contribution >= 4 is 11.7 Å². The van der Waals surface area contributed by atoms with Crippen LogP contribution in [-0.4, -0.2) is 67.0 Å². The molecular formula is C17H24N4O4. The molecule has 136 valence electrons. The molecule has 0 radical (unpaired) electrons. The van der Waals surface area contributed by atoms with Crippen LogP contribution in [0.5, 0.6) is 5.88 Å². The van der Waals surface area contributed by atoms with E-state index in [1.807, 2.05) is 6.07 Å². The van der Waals surface area contributed by atoms with Crippen LogP contribution in [-0.2, 0) is 14.4 Å². The Morgan fingerprint density at radius 3 is 3.08 bits per heavy atom. The van der Waals surface area contributed by atoms with E-state index in [0.717, 1.165) is 38.2 Å². The van der Waals surface area contributed by atoms with Gasteiger partial charge in [-0.05, 0) is 19.3 Å². The van der Waals surface area contributed by atoms with E-state index >= 15 is 0 Å². The number of rotatable bonds is 3. The summed E-state index contributed by atoms with van der Waals surface area (Å²) in [5.74, 6) is 1.70. The van der Waals surface area contributed by atoms with Crippen molar-refractivity contribution in [3.63, 3.8) is 0 Å². The molecule has 0 unspecified atom stereocenters. The van der Waals surface area contributed by atoms with Crippen molar-refractivity contribution in [1.29, 1.82) is 0 Å². The first-order valence-corrected chi connectivity index (χ1v) is 8.91. The summed E-state index contributed by atoms with van der Waals surface area (Å²) in [4.78, 5) is 28.6. The summed E-state index contributed by atoms with van der Waals surface area (Å²) in [7, 11) is 1.60. The maximum atomic E-state index is 12.6. The van der Waals surface area contributed by atoms with Crippen LogP contribution >= 0.6 is 0 Å². The number of methoxy groups -OCH3 is 1. The Morgan fingerprint density at radius 2 is 2.28 bits per heavy atom. The molecule has 8 nitrogen and oxygen atoms in total. The highest BCUT2D eigenvalue weighted by molar-refractivity contribution is 5.78. The molecular weight excluding hydrogens is 324 g/mol. The summed E-state index contributed by atoms with van der Waals surface area (Å²) in [6.45, 7) is 3.54. The second-order valence-corrected chi connectivity index (χ2v) is 6.84. The molecule has 0 aliphatic carbocycles. The van der Waals surface area contributed by atoms with Crippen molar-refractivity contribution in [2.45, 2.75) is 25.4 Å². The molecule has 0 saturated carbocycles. The molecule has 1 aromatic heterocycles. The minimum atomic E-state index is -0.112. The van der Waals surface area contributed by atoms with Crippen LogP contribution in [0.15, 0.2) is 12.4 Å². The largest absolute Gasteiger partial charge is 0.481 e. The Bertz CT molecular complexity index is 622. The van der Waals surface area contributed by atoms with Gasteiger partial charge in [-0.3, -0.25) is 9.63 Å². The monoisotopic (exact) mass is 348 g/mol. The number of hydrogen-bond donors (Lipinski definition) is 0. The number of amides is 1. The maximum Gasteiger partial charge on any atom is 0.251 e. The van der Waals surface area contributed by atoms with Crippen LogP contribution in [0, 0.1) is 11.8 Å². The first-order valence-electron chi connectivity index (χ1n) is 8.91. The summed E-state index contributed by atoms with van der Waals surface area (Å²) < 4.78 is 11.2. The molecule has 0 bridgehead atoms. The molecule has 3 aliphatic heterocycles. The molecule has 4 heterocycles. The van der Waals surface area contributed by atoms with Gasteiger partial charge < -0.3 is 14.4 Å². The van der Waals surface area contributed by atoms with Crippen LogP contribution in [0.25, 0.3) is 0 Å². The highest BCUT2D eigenvalue weighted by Crippen LogP contribution is 2.34. The number of nitrogens with zero attached hydrogens (tertiary/aromatic N) is 4. The number of aromatic nitrogens is 2. The number of hydroxylamine groups is 2. The van der Waals surface area contributed by atoms with Crippen molar-refractivity contribution in [3.05, 3.63) is 12.4 Å². The lowest BCUT2D eigenvalue weighted by Gasteiger charge is -2.43. The van der Waals surface area contributed by atoms with Crippen molar-refractivity contribution in [2.24, 2.45) is 11.8 Å². The zero-order valence-electron chi connectivity index (χ0n) is 14.5. The molecule has 1 amide bonds. The van der Waals surface area contributed by atoms with Crippen molar-refractivity contribution in [2.75, 3.05) is 44.9 Å². The van der Waals surface area contributed by atoms with E-state index in [4.69, 9.17) is 14.3 Å². The quantitative estimate of drug-likeness (QED) is 0.802. The fourth-order valence-corrected chi connectivity index (χ4v) is 3.95. The first-order chi connectivity index (χ1) is 12.2. The lowest BCUT2D eigenvalue weighted by atomic mass is 9.83. The van der Waals surface area contributed by atoms with Gasteiger partial charge in [-0.25, -0.2) is 15.0 Å². The molecule has 3 atom stereocenters. The summed E-state index contributed by atoms with van der Waals surface area (Å²) in [6, 6.07) is 1.85. The molecule has 8 heteroatoms. The number of fused-ring (bicyclic) bond motifs is 1.